The number of piperazine rings is 1. The first-order valence-corrected chi connectivity index (χ1v) is 18.4. The maximum Gasteiger partial charge on any atom is 0.319 e. The van der Waals surface area contributed by atoms with Crippen LogP contribution in [0.4, 0.5) is 23.4 Å². The van der Waals surface area contributed by atoms with Crippen LogP contribution in [0.25, 0.3) is 39.0 Å². The summed E-state index contributed by atoms with van der Waals surface area (Å²) in [4.78, 5) is 42.0. The van der Waals surface area contributed by atoms with Crippen molar-refractivity contribution in [2.75, 3.05) is 57.4 Å². The van der Waals surface area contributed by atoms with Gasteiger partial charge in [0.2, 0.25) is 5.91 Å². The molecule has 4 aliphatic heterocycles. The van der Waals surface area contributed by atoms with Gasteiger partial charge < -0.3 is 19.3 Å². The fourth-order valence-electron chi connectivity index (χ4n) is 8.83. The van der Waals surface area contributed by atoms with E-state index in [1.54, 1.807) is 36.1 Å². The number of carbonyl (C=O) groups is 1. The molecule has 0 saturated carbocycles. The summed E-state index contributed by atoms with van der Waals surface area (Å²) in [7, 11) is 0. The molecule has 9 rings (SSSR count). The van der Waals surface area contributed by atoms with Crippen LogP contribution in [-0.4, -0.2) is 110 Å². The Hall–Kier alpha value is -5.28. The molecule has 0 unspecified atom stereocenters. The summed E-state index contributed by atoms with van der Waals surface area (Å²) in [5, 5.41) is 0.550. The number of nitrogens with zero attached hydrogens (tertiary/aromatic N) is 8. The van der Waals surface area contributed by atoms with Gasteiger partial charge in [0.1, 0.15) is 41.2 Å². The summed E-state index contributed by atoms with van der Waals surface area (Å²) in [6.45, 7) is 6.38. The van der Waals surface area contributed by atoms with Crippen molar-refractivity contribution in [1.82, 2.24) is 34.7 Å². The second kappa shape index (κ2) is 13.5. The molecule has 0 bridgehead atoms. The van der Waals surface area contributed by atoms with Crippen LogP contribution in [0.3, 0.4) is 0 Å². The van der Waals surface area contributed by atoms with E-state index in [9.17, 15) is 13.6 Å². The molecule has 0 aliphatic carbocycles. The van der Waals surface area contributed by atoms with E-state index >= 15 is 8.78 Å². The lowest BCUT2D eigenvalue weighted by Gasteiger charge is -2.55. The Morgan fingerprint density at radius 3 is 2.69 bits per heavy atom. The van der Waals surface area contributed by atoms with Crippen molar-refractivity contribution in [3.05, 3.63) is 83.3 Å². The summed E-state index contributed by atoms with van der Waals surface area (Å²) in [6, 6.07) is 8.88. The van der Waals surface area contributed by atoms with E-state index in [1.165, 1.54) is 24.4 Å². The average Bonchev–Trinajstić information content (AvgIpc) is 3.68. The van der Waals surface area contributed by atoms with Crippen molar-refractivity contribution in [1.29, 1.82) is 0 Å². The minimum atomic E-state index is -1.11. The van der Waals surface area contributed by atoms with Gasteiger partial charge >= 0.3 is 6.01 Å². The van der Waals surface area contributed by atoms with Gasteiger partial charge in [-0.15, -0.1) is 0 Å². The Labute approximate surface area is 314 Å². The Bertz CT molecular complexity index is 2370. The molecule has 5 aromatic rings. The third-order valence-electron chi connectivity index (χ3n) is 11.4. The maximum absolute atomic E-state index is 16.9. The molecule has 15 heteroatoms. The molecule has 0 N–H and O–H groups in total. The number of benzene rings is 2. The van der Waals surface area contributed by atoms with Crippen LogP contribution in [0.15, 0.2) is 48.7 Å². The number of carbonyl (C=O) groups excluding carboxylic acids is 1. The normalized spacial score (nSPS) is 22.3. The van der Waals surface area contributed by atoms with Gasteiger partial charge in [0.05, 0.1) is 29.8 Å². The van der Waals surface area contributed by atoms with Crippen LogP contribution in [-0.2, 0) is 9.53 Å². The first kappa shape index (κ1) is 35.4. The van der Waals surface area contributed by atoms with Crippen LogP contribution in [0.5, 0.6) is 6.01 Å². The highest BCUT2D eigenvalue weighted by Gasteiger charge is 2.51. The van der Waals surface area contributed by atoms with Gasteiger partial charge in [-0.25, -0.2) is 27.5 Å². The van der Waals surface area contributed by atoms with Crippen LogP contribution < -0.4 is 9.64 Å². The molecule has 2 aromatic carbocycles. The zero-order chi connectivity index (χ0) is 38.1. The number of pyridine rings is 1. The Morgan fingerprint density at radius 2 is 1.89 bits per heavy atom. The quantitative estimate of drug-likeness (QED) is 0.151. The van der Waals surface area contributed by atoms with Crippen LogP contribution in [0, 0.1) is 31.3 Å². The predicted octanol–water partition coefficient (Wildman–Crippen LogP) is 5.76. The molecule has 4 aliphatic rings. The highest BCUT2D eigenvalue weighted by atomic mass is 19.2. The van der Waals surface area contributed by atoms with Gasteiger partial charge in [-0.1, -0.05) is 24.3 Å². The van der Waals surface area contributed by atoms with Crippen molar-refractivity contribution in [2.24, 2.45) is 0 Å². The number of amides is 1. The number of anilines is 1. The summed E-state index contributed by atoms with van der Waals surface area (Å²) in [5.74, 6) is -2.29. The molecule has 1 spiro atoms. The van der Waals surface area contributed by atoms with Crippen LogP contribution in [0.2, 0.25) is 0 Å². The summed E-state index contributed by atoms with van der Waals surface area (Å²) in [6.07, 6.45) is 5.62. The third-order valence-corrected chi connectivity index (χ3v) is 11.4. The predicted molar refractivity (Wildman–Crippen MR) is 197 cm³/mol. The van der Waals surface area contributed by atoms with Gasteiger partial charge in [-0.05, 0) is 56.8 Å². The fourth-order valence-corrected chi connectivity index (χ4v) is 8.83. The number of ether oxygens (including phenoxy) is 2. The number of hydrogen-bond donors (Lipinski definition) is 0. The Kier molecular flexibility index (Phi) is 8.68. The van der Waals surface area contributed by atoms with E-state index < -0.39 is 34.7 Å². The highest BCUT2D eigenvalue weighted by molar-refractivity contribution is 5.99. The molecular formula is C40H38F4N8O3. The number of rotatable bonds is 7. The van der Waals surface area contributed by atoms with Crippen molar-refractivity contribution >= 4 is 39.5 Å². The number of aryl methyl sites for hydroxylation is 2. The van der Waals surface area contributed by atoms with Crippen LogP contribution >= 0.6 is 0 Å². The molecule has 11 nitrogen and oxygen atoms in total. The molecule has 284 valence electrons. The van der Waals surface area contributed by atoms with Crippen molar-refractivity contribution in [3.63, 3.8) is 0 Å². The average molecular weight is 755 g/mol. The number of alkyl halides is 1. The van der Waals surface area contributed by atoms with Crippen LogP contribution in [0.1, 0.15) is 36.5 Å². The SMILES string of the molecule is Cc1cc(/C=C/C(=O)N2CCN(c3nc(OC[C@@]45CCCN4C[C@H](F)C5)nc4c(F)c(-c5cccc6ccc(F)c(F)c56)ncc34)CC23COC3)nc(C)n1. The summed E-state index contributed by atoms with van der Waals surface area (Å²) in [5.41, 5.74) is -0.0599. The van der Waals surface area contributed by atoms with Gasteiger partial charge in [0.15, 0.2) is 17.5 Å². The first-order chi connectivity index (χ1) is 26.5. The number of hydrogen-bond acceptors (Lipinski definition) is 10. The lowest BCUT2D eigenvalue weighted by atomic mass is 9.91. The lowest BCUT2D eigenvalue weighted by Crippen LogP contribution is -2.72. The molecule has 1 amide bonds. The van der Waals surface area contributed by atoms with Gasteiger partial charge in [0.25, 0.3) is 0 Å². The van der Waals surface area contributed by atoms with E-state index in [2.05, 4.69) is 24.8 Å². The highest BCUT2D eigenvalue weighted by Crippen LogP contribution is 2.42. The largest absolute Gasteiger partial charge is 0.461 e. The van der Waals surface area contributed by atoms with Crippen molar-refractivity contribution in [3.8, 4) is 17.3 Å². The second-order valence-corrected chi connectivity index (χ2v) is 15.1. The van der Waals surface area contributed by atoms with Gasteiger partial charge in [0, 0.05) is 61.5 Å². The standard InChI is InChI=1S/C40H38F4N8O3/c1-23-15-27(47-24(2)46-23)8-10-31(53)52-14-13-50(19-40(52)20-54-21-40)37-29-17-45-35(28-6-3-5-25-7-9-30(42)33(43)32(25)28)34(44)36(29)48-38(49-37)55-22-39-11-4-12-51(39)18-26(41)16-39/h3,5-10,15,17,26H,4,11-14,16,18-22H2,1-2H3/b10-8+/t26-,39+/m1/s1. The Morgan fingerprint density at radius 1 is 1.04 bits per heavy atom. The van der Waals surface area contributed by atoms with E-state index in [0.29, 0.717) is 55.3 Å². The maximum atomic E-state index is 16.9. The summed E-state index contributed by atoms with van der Waals surface area (Å²) >= 11 is 0. The van der Waals surface area contributed by atoms with E-state index in [4.69, 9.17) is 14.5 Å². The van der Waals surface area contributed by atoms with E-state index in [0.717, 1.165) is 31.1 Å². The van der Waals surface area contributed by atoms with Gasteiger partial charge in [-0.3, -0.25) is 14.7 Å². The van der Waals surface area contributed by atoms with E-state index in [-0.39, 0.29) is 59.3 Å². The van der Waals surface area contributed by atoms with Crippen molar-refractivity contribution in [2.45, 2.75) is 50.4 Å². The molecule has 3 aromatic heterocycles. The second-order valence-electron chi connectivity index (χ2n) is 15.1. The zero-order valence-corrected chi connectivity index (χ0v) is 30.4. The first-order valence-electron chi connectivity index (χ1n) is 18.4. The molecule has 4 fully saturated rings. The fraction of sp³-hybridized carbons (Fsp3) is 0.400. The smallest absolute Gasteiger partial charge is 0.319 e. The molecule has 2 atom stereocenters. The molecule has 55 heavy (non-hydrogen) atoms. The summed E-state index contributed by atoms with van der Waals surface area (Å²) < 4.78 is 73.2. The molecule has 0 radical (unpaired) electrons. The molecular weight excluding hydrogens is 716 g/mol. The van der Waals surface area contributed by atoms with Gasteiger partial charge in [-0.2, -0.15) is 9.97 Å². The van der Waals surface area contributed by atoms with E-state index in [1.807, 2.05) is 11.8 Å². The number of halogens is 4. The zero-order valence-electron chi connectivity index (χ0n) is 30.4. The Balaban J connectivity index is 1.09. The number of aromatic nitrogens is 5. The minimum Gasteiger partial charge on any atom is -0.461 e. The monoisotopic (exact) mass is 754 g/mol. The third kappa shape index (κ3) is 6.13. The minimum absolute atomic E-state index is 0.0648. The number of fused-ring (bicyclic) bond motifs is 3. The molecule has 7 heterocycles. The topological polar surface area (TPSA) is 110 Å². The van der Waals surface area contributed by atoms with Crippen molar-refractivity contribution < 1.29 is 31.8 Å². The lowest BCUT2D eigenvalue weighted by molar-refractivity contribution is -0.164. The molecule has 4 saturated heterocycles.